The zero-order chi connectivity index (χ0) is 22.8. The van der Waals surface area contributed by atoms with E-state index in [-0.39, 0.29) is 52.0 Å². The van der Waals surface area contributed by atoms with Crippen LogP contribution in [-0.2, 0) is 0 Å². The number of benzene rings is 1. The molecule has 9 nitrogen and oxygen atoms in total. The lowest BCUT2D eigenvalue weighted by Gasteiger charge is -2.09. The maximum absolute atomic E-state index is 14.5. The Balaban J connectivity index is 0.00000306. The SMILES string of the molecule is Cc1nc(NCCO)cc(Nc2ncc(F)c3nn(-c4c(Cl)cc(F)cc4C#N)cc23)n1.Cl. The van der Waals surface area contributed by atoms with Crippen LogP contribution in [0.2, 0.25) is 5.02 Å². The number of hydrogen-bond acceptors (Lipinski definition) is 8. The van der Waals surface area contributed by atoms with Crippen LogP contribution in [0.5, 0.6) is 0 Å². The predicted molar refractivity (Wildman–Crippen MR) is 121 cm³/mol. The first kappa shape index (κ1) is 24.1. The van der Waals surface area contributed by atoms with Crippen LogP contribution in [0.1, 0.15) is 11.4 Å². The molecule has 13 heteroatoms. The average Bonchev–Trinajstić information content (AvgIpc) is 3.19. The normalized spacial score (nSPS) is 10.5. The molecule has 0 saturated heterocycles. The standard InChI is InChI=1S/C20H15ClF2N8O.ClH/c1-10-27-16(25-2-3-32)6-17(28-10)29-20-13-9-31(30-18(13)15(23)8-26-20)19-11(7-24)4-12(22)5-14(19)21;/h4-6,8-9,32H,2-3H2,1H3,(H2,25,26,27,28,29);1H. The summed E-state index contributed by atoms with van der Waals surface area (Å²) in [4.78, 5) is 12.6. The van der Waals surface area contributed by atoms with E-state index in [0.29, 0.717) is 24.0 Å². The number of fused-ring (bicyclic) bond motifs is 1. The number of aliphatic hydroxyl groups excluding tert-OH is 1. The molecule has 0 unspecified atom stereocenters. The van der Waals surface area contributed by atoms with E-state index < -0.39 is 11.6 Å². The molecular weight excluding hydrogens is 477 g/mol. The van der Waals surface area contributed by atoms with Crippen molar-refractivity contribution in [1.29, 1.82) is 5.26 Å². The second-order valence-corrected chi connectivity index (χ2v) is 7.05. The third-order valence-electron chi connectivity index (χ3n) is 4.38. The van der Waals surface area contributed by atoms with Crippen LogP contribution >= 0.6 is 24.0 Å². The fourth-order valence-electron chi connectivity index (χ4n) is 3.10. The van der Waals surface area contributed by atoms with Crippen LogP contribution in [0.4, 0.5) is 26.2 Å². The molecule has 0 bridgehead atoms. The Morgan fingerprint density at radius 3 is 2.70 bits per heavy atom. The van der Waals surface area contributed by atoms with Crippen LogP contribution in [0.3, 0.4) is 0 Å². The second kappa shape index (κ2) is 9.91. The van der Waals surface area contributed by atoms with Crippen molar-refractivity contribution < 1.29 is 13.9 Å². The van der Waals surface area contributed by atoms with Gasteiger partial charge in [0.2, 0.25) is 0 Å². The Kier molecular flexibility index (Phi) is 7.23. The van der Waals surface area contributed by atoms with Gasteiger partial charge in [0, 0.05) is 18.8 Å². The third-order valence-corrected chi connectivity index (χ3v) is 4.67. The van der Waals surface area contributed by atoms with Crippen molar-refractivity contribution in [2.45, 2.75) is 6.92 Å². The van der Waals surface area contributed by atoms with E-state index in [2.05, 4.69) is 30.7 Å². The molecule has 4 aromatic rings. The van der Waals surface area contributed by atoms with Crippen molar-refractivity contribution in [3.05, 3.63) is 58.6 Å². The largest absolute Gasteiger partial charge is 0.395 e. The van der Waals surface area contributed by atoms with Crippen molar-refractivity contribution in [2.24, 2.45) is 0 Å². The first-order chi connectivity index (χ1) is 15.4. The molecule has 0 radical (unpaired) electrons. The van der Waals surface area contributed by atoms with Gasteiger partial charge in [0.25, 0.3) is 0 Å². The molecule has 3 aromatic heterocycles. The summed E-state index contributed by atoms with van der Waals surface area (Å²) in [5.41, 5.74) is 0.0263. The summed E-state index contributed by atoms with van der Waals surface area (Å²) in [6.07, 6.45) is 2.44. The molecule has 33 heavy (non-hydrogen) atoms. The maximum atomic E-state index is 14.5. The van der Waals surface area contributed by atoms with Crippen molar-refractivity contribution in [3.63, 3.8) is 0 Å². The highest BCUT2D eigenvalue weighted by Gasteiger charge is 2.18. The van der Waals surface area contributed by atoms with Gasteiger partial charge >= 0.3 is 0 Å². The Morgan fingerprint density at radius 2 is 1.97 bits per heavy atom. The van der Waals surface area contributed by atoms with Gasteiger partial charge in [-0.3, -0.25) is 0 Å². The topological polar surface area (TPSA) is 125 Å². The van der Waals surface area contributed by atoms with Crippen LogP contribution in [0, 0.1) is 29.9 Å². The molecule has 3 heterocycles. The highest BCUT2D eigenvalue weighted by molar-refractivity contribution is 6.32. The second-order valence-electron chi connectivity index (χ2n) is 6.65. The number of nitriles is 1. The van der Waals surface area contributed by atoms with Gasteiger partial charge in [-0.25, -0.2) is 28.4 Å². The zero-order valence-electron chi connectivity index (χ0n) is 17.0. The molecule has 0 atom stereocenters. The van der Waals surface area contributed by atoms with Crippen LogP contribution in [0.25, 0.3) is 16.6 Å². The summed E-state index contributed by atoms with van der Waals surface area (Å²) in [5, 5.41) is 28.7. The number of halogens is 4. The summed E-state index contributed by atoms with van der Waals surface area (Å²) in [5.74, 6) is 0.206. The molecular formula is C20H16Cl2F2N8O. The van der Waals surface area contributed by atoms with Crippen molar-refractivity contribution >= 4 is 52.4 Å². The highest BCUT2D eigenvalue weighted by atomic mass is 35.5. The van der Waals surface area contributed by atoms with Gasteiger partial charge in [-0.05, 0) is 19.1 Å². The van der Waals surface area contributed by atoms with Crippen molar-refractivity contribution in [3.8, 4) is 11.8 Å². The van der Waals surface area contributed by atoms with E-state index in [1.54, 1.807) is 13.0 Å². The van der Waals surface area contributed by atoms with Crippen LogP contribution in [0.15, 0.2) is 30.6 Å². The molecule has 1 aromatic carbocycles. The van der Waals surface area contributed by atoms with E-state index in [0.717, 1.165) is 18.3 Å². The molecule has 0 fully saturated rings. The molecule has 4 rings (SSSR count). The van der Waals surface area contributed by atoms with Gasteiger partial charge in [0.05, 0.1) is 28.8 Å². The number of aryl methyl sites for hydroxylation is 1. The highest BCUT2D eigenvalue weighted by Crippen LogP contribution is 2.30. The Hall–Kier alpha value is -3.59. The minimum Gasteiger partial charge on any atom is -0.395 e. The minimum atomic E-state index is -0.690. The third kappa shape index (κ3) is 4.93. The first-order valence-electron chi connectivity index (χ1n) is 9.30. The summed E-state index contributed by atoms with van der Waals surface area (Å²) in [6, 6.07) is 5.54. The number of aliphatic hydroxyl groups is 1. The van der Waals surface area contributed by atoms with E-state index in [4.69, 9.17) is 16.7 Å². The van der Waals surface area contributed by atoms with E-state index in [9.17, 15) is 14.0 Å². The van der Waals surface area contributed by atoms with Gasteiger partial charge in [0.1, 0.15) is 46.4 Å². The number of nitrogens with zero attached hydrogens (tertiary/aromatic N) is 6. The summed E-state index contributed by atoms with van der Waals surface area (Å²) < 4.78 is 29.3. The van der Waals surface area contributed by atoms with Crippen LogP contribution < -0.4 is 10.6 Å². The van der Waals surface area contributed by atoms with Gasteiger partial charge in [0.15, 0.2) is 5.82 Å². The number of anilines is 3. The first-order valence-corrected chi connectivity index (χ1v) is 9.68. The maximum Gasteiger partial charge on any atom is 0.169 e. The molecule has 3 N–H and O–H groups in total. The molecule has 0 saturated carbocycles. The monoisotopic (exact) mass is 492 g/mol. The van der Waals surface area contributed by atoms with Crippen molar-refractivity contribution in [2.75, 3.05) is 23.8 Å². The van der Waals surface area contributed by atoms with Gasteiger partial charge in [-0.15, -0.1) is 12.4 Å². The molecule has 170 valence electrons. The van der Waals surface area contributed by atoms with E-state index in [1.165, 1.54) is 10.9 Å². The fraction of sp³-hybridized carbons (Fsp3) is 0.150. The van der Waals surface area contributed by atoms with E-state index in [1.807, 2.05) is 6.07 Å². The molecule has 0 amide bonds. The zero-order valence-corrected chi connectivity index (χ0v) is 18.5. The van der Waals surface area contributed by atoms with E-state index >= 15 is 0 Å². The number of pyridine rings is 1. The van der Waals surface area contributed by atoms with Gasteiger partial charge in [-0.1, -0.05) is 11.6 Å². The summed E-state index contributed by atoms with van der Waals surface area (Å²) in [7, 11) is 0. The van der Waals surface area contributed by atoms with Gasteiger partial charge in [-0.2, -0.15) is 10.4 Å². The Bertz CT molecular complexity index is 1370. The molecule has 0 aliphatic heterocycles. The summed E-state index contributed by atoms with van der Waals surface area (Å²) >= 11 is 6.14. The Morgan fingerprint density at radius 1 is 1.21 bits per heavy atom. The lowest BCUT2D eigenvalue weighted by Crippen LogP contribution is -2.09. The van der Waals surface area contributed by atoms with Gasteiger partial charge < -0.3 is 15.7 Å². The number of aromatic nitrogens is 5. The average molecular weight is 493 g/mol. The lowest BCUT2D eigenvalue weighted by molar-refractivity contribution is 0.311. The predicted octanol–water partition coefficient (Wildman–Crippen LogP) is 3.89. The Labute approximate surface area is 197 Å². The number of hydrogen-bond donors (Lipinski definition) is 3. The van der Waals surface area contributed by atoms with Crippen molar-refractivity contribution in [1.82, 2.24) is 24.7 Å². The molecule has 0 aliphatic rings. The minimum absolute atomic E-state index is 0. The smallest absolute Gasteiger partial charge is 0.169 e. The quantitative estimate of drug-likeness (QED) is 0.370. The van der Waals surface area contributed by atoms with Crippen LogP contribution in [-0.4, -0.2) is 43.0 Å². The fourth-order valence-corrected chi connectivity index (χ4v) is 3.39. The number of rotatable bonds is 6. The molecule has 0 aliphatic carbocycles. The number of nitrogens with one attached hydrogen (secondary N) is 2. The summed E-state index contributed by atoms with van der Waals surface area (Å²) in [6.45, 7) is 1.93. The molecule has 0 spiro atoms. The lowest BCUT2D eigenvalue weighted by atomic mass is 10.2.